The Hall–Kier alpha value is -4.71. The molecule has 2 amide bonds. The molecule has 0 heterocycles. The Morgan fingerprint density at radius 1 is 0.700 bits per heavy atom. The van der Waals surface area contributed by atoms with Crippen LogP contribution in [-0.4, -0.2) is 40.9 Å². The molecule has 0 saturated heterocycles. The van der Waals surface area contributed by atoms with E-state index < -0.39 is 5.97 Å². The van der Waals surface area contributed by atoms with Crippen molar-refractivity contribution in [3.8, 4) is 11.1 Å². The third kappa shape index (κ3) is 7.67. The summed E-state index contributed by atoms with van der Waals surface area (Å²) < 4.78 is 0. The van der Waals surface area contributed by atoms with Crippen molar-refractivity contribution in [3.05, 3.63) is 131 Å². The maximum absolute atomic E-state index is 13.8. The molecule has 0 aromatic heterocycles. The molecule has 6 heteroatoms. The van der Waals surface area contributed by atoms with Gasteiger partial charge in [0.2, 0.25) is 0 Å². The second-order valence-electron chi connectivity index (χ2n) is 9.78. The van der Waals surface area contributed by atoms with Gasteiger partial charge in [-0.1, -0.05) is 96.6 Å². The van der Waals surface area contributed by atoms with E-state index in [1.807, 2.05) is 85.8 Å². The van der Waals surface area contributed by atoms with E-state index in [0.29, 0.717) is 41.8 Å². The number of carbonyl (C=O) groups excluding carboxylic acids is 2. The molecule has 0 aliphatic carbocycles. The monoisotopic (exact) mass is 534 g/mol. The summed E-state index contributed by atoms with van der Waals surface area (Å²) in [7, 11) is 0. The number of nitrogens with one attached hydrogen (secondary N) is 1. The summed E-state index contributed by atoms with van der Waals surface area (Å²) in [6.45, 7) is 2.94. The van der Waals surface area contributed by atoms with Gasteiger partial charge >= 0.3 is 5.97 Å². The summed E-state index contributed by atoms with van der Waals surface area (Å²) in [5.41, 5.74) is 5.50. The Morgan fingerprint density at radius 2 is 1.30 bits per heavy atom. The molecule has 204 valence electrons. The van der Waals surface area contributed by atoms with E-state index in [1.165, 1.54) is 5.56 Å². The number of aliphatic carboxylic acids is 1. The number of carboxylic acid groups (broad SMARTS) is 1. The largest absolute Gasteiger partial charge is 0.481 e. The maximum Gasteiger partial charge on any atom is 0.305 e. The van der Waals surface area contributed by atoms with Crippen LogP contribution < -0.4 is 5.32 Å². The van der Waals surface area contributed by atoms with Crippen LogP contribution in [0.4, 0.5) is 0 Å². The molecule has 0 atom stereocenters. The predicted octanol–water partition coefficient (Wildman–Crippen LogP) is 6.14. The summed E-state index contributed by atoms with van der Waals surface area (Å²) >= 11 is 0. The standard InChI is InChI=1S/C34H34N2O4/c1-25-17-19-27(20-18-25)24-35-33(39)30-15-7-5-13-28(30)29-14-6-8-16-31(29)34(40)36(23-21-32(37)38)22-9-12-26-10-3-2-4-11-26/h2-8,10-11,13-20H,9,12,21-24H2,1H3,(H,35,39)(H,37,38). The van der Waals surface area contributed by atoms with Crippen LogP contribution in [0.1, 0.15) is 50.2 Å². The topological polar surface area (TPSA) is 86.7 Å². The van der Waals surface area contributed by atoms with Gasteiger partial charge in [0.1, 0.15) is 0 Å². The van der Waals surface area contributed by atoms with Gasteiger partial charge < -0.3 is 15.3 Å². The highest BCUT2D eigenvalue weighted by Gasteiger charge is 2.22. The van der Waals surface area contributed by atoms with E-state index in [0.717, 1.165) is 17.5 Å². The van der Waals surface area contributed by atoms with Crippen LogP contribution in [0.3, 0.4) is 0 Å². The van der Waals surface area contributed by atoms with Crippen LogP contribution >= 0.6 is 0 Å². The molecule has 2 N–H and O–H groups in total. The number of aryl methyl sites for hydroxylation is 2. The molecule has 0 aliphatic heterocycles. The molecule has 4 rings (SSSR count). The third-order valence-corrected chi connectivity index (χ3v) is 6.81. The fraction of sp³-hybridized carbons (Fsp3) is 0.206. The first-order chi connectivity index (χ1) is 19.4. The molecule has 0 aliphatic rings. The van der Waals surface area contributed by atoms with E-state index in [9.17, 15) is 19.5 Å². The molecule has 4 aromatic carbocycles. The minimum Gasteiger partial charge on any atom is -0.481 e. The molecule has 0 spiro atoms. The van der Waals surface area contributed by atoms with E-state index >= 15 is 0 Å². The number of hydrogen-bond acceptors (Lipinski definition) is 3. The summed E-state index contributed by atoms with van der Waals surface area (Å²) in [4.78, 5) is 40.1. The normalized spacial score (nSPS) is 10.6. The lowest BCUT2D eigenvalue weighted by Crippen LogP contribution is -2.34. The number of carboxylic acids is 1. The summed E-state index contributed by atoms with van der Waals surface area (Å²) in [5.74, 6) is -1.44. The van der Waals surface area contributed by atoms with Gasteiger partial charge in [0.25, 0.3) is 11.8 Å². The van der Waals surface area contributed by atoms with Gasteiger partial charge in [-0.2, -0.15) is 0 Å². The minimum atomic E-state index is -0.954. The number of hydrogen-bond donors (Lipinski definition) is 2. The summed E-state index contributed by atoms with van der Waals surface area (Å²) in [6, 6.07) is 32.4. The van der Waals surface area contributed by atoms with Crippen molar-refractivity contribution < 1.29 is 19.5 Å². The fourth-order valence-corrected chi connectivity index (χ4v) is 4.64. The highest BCUT2D eigenvalue weighted by Crippen LogP contribution is 2.28. The zero-order valence-corrected chi connectivity index (χ0v) is 22.7. The average molecular weight is 535 g/mol. The van der Waals surface area contributed by atoms with Crippen molar-refractivity contribution in [3.63, 3.8) is 0 Å². The van der Waals surface area contributed by atoms with Crippen molar-refractivity contribution in [2.45, 2.75) is 32.7 Å². The molecular formula is C34H34N2O4. The van der Waals surface area contributed by atoms with Gasteiger partial charge in [-0.3, -0.25) is 14.4 Å². The molecule has 6 nitrogen and oxygen atoms in total. The van der Waals surface area contributed by atoms with E-state index in [2.05, 4.69) is 5.32 Å². The zero-order valence-electron chi connectivity index (χ0n) is 22.7. The van der Waals surface area contributed by atoms with E-state index in [4.69, 9.17) is 0 Å². The van der Waals surface area contributed by atoms with Crippen molar-refractivity contribution in [1.82, 2.24) is 10.2 Å². The first kappa shape index (κ1) is 28.3. The van der Waals surface area contributed by atoms with Gasteiger partial charge in [-0.15, -0.1) is 0 Å². The molecule has 0 bridgehead atoms. The molecule has 0 saturated carbocycles. The van der Waals surface area contributed by atoms with Crippen LogP contribution in [-0.2, 0) is 17.8 Å². The zero-order chi connectivity index (χ0) is 28.3. The maximum atomic E-state index is 13.8. The Kier molecular flexibility index (Phi) is 9.83. The van der Waals surface area contributed by atoms with Gasteiger partial charge in [-0.05, 0) is 54.2 Å². The van der Waals surface area contributed by atoms with Gasteiger partial charge in [-0.25, -0.2) is 0 Å². The van der Waals surface area contributed by atoms with Crippen LogP contribution in [0.2, 0.25) is 0 Å². The van der Waals surface area contributed by atoms with Gasteiger partial charge in [0, 0.05) is 30.8 Å². The molecule has 0 unspecified atom stereocenters. The molecule has 40 heavy (non-hydrogen) atoms. The highest BCUT2D eigenvalue weighted by atomic mass is 16.4. The third-order valence-electron chi connectivity index (χ3n) is 6.81. The Morgan fingerprint density at radius 3 is 1.98 bits per heavy atom. The molecular weight excluding hydrogens is 500 g/mol. The summed E-state index contributed by atoms with van der Waals surface area (Å²) in [6.07, 6.45) is 1.34. The lowest BCUT2D eigenvalue weighted by atomic mass is 9.94. The van der Waals surface area contributed by atoms with Crippen molar-refractivity contribution >= 4 is 17.8 Å². The minimum absolute atomic E-state index is 0.107. The van der Waals surface area contributed by atoms with Crippen LogP contribution in [0.5, 0.6) is 0 Å². The SMILES string of the molecule is Cc1ccc(CNC(=O)c2ccccc2-c2ccccc2C(=O)N(CCCc2ccccc2)CCC(=O)O)cc1. The van der Waals surface area contributed by atoms with Gasteiger partial charge in [0.05, 0.1) is 6.42 Å². The Labute approximate surface area is 235 Å². The van der Waals surface area contributed by atoms with Crippen molar-refractivity contribution in [2.24, 2.45) is 0 Å². The lowest BCUT2D eigenvalue weighted by Gasteiger charge is -2.24. The predicted molar refractivity (Wildman–Crippen MR) is 157 cm³/mol. The van der Waals surface area contributed by atoms with Gasteiger partial charge in [0.15, 0.2) is 0 Å². The summed E-state index contributed by atoms with van der Waals surface area (Å²) in [5, 5.41) is 12.3. The molecule has 0 fully saturated rings. The highest BCUT2D eigenvalue weighted by molar-refractivity contribution is 6.06. The number of carbonyl (C=O) groups is 3. The van der Waals surface area contributed by atoms with Crippen molar-refractivity contribution in [1.29, 1.82) is 0 Å². The lowest BCUT2D eigenvalue weighted by molar-refractivity contribution is -0.137. The van der Waals surface area contributed by atoms with Crippen molar-refractivity contribution in [2.75, 3.05) is 13.1 Å². The number of benzene rings is 4. The average Bonchev–Trinajstić information content (AvgIpc) is 2.98. The van der Waals surface area contributed by atoms with Crippen LogP contribution in [0, 0.1) is 6.92 Å². The molecule has 4 aromatic rings. The van der Waals surface area contributed by atoms with Crippen LogP contribution in [0.15, 0.2) is 103 Å². The number of amides is 2. The second kappa shape index (κ2) is 13.9. The van der Waals surface area contributed by atoms with E-state index in [-0.39, 0.29) is 24.8 Å². The number of nitrogens with zero attached hydrogens (tertiary/aromatic N) is 1. The molecule has 0 radical (unpaired) electrons. The smallest absolute Gasteiger partial charge is 0.305 e. The first-order valence-corrected chi connectivity index (χ1v) is 13.5. The Bertz CT molecular complexity index is 1450. The fourth-order valence-electron chi connectivity index (χ4n) is 4.64. The second-order valence-corrected chi connectivity index (χ2v) is 9.78. The van der Waals surface area contributed by atoms with E-state index in [1.54, 1.807) is 29.2 Å². The Balaban J connectivity index is 1.56. The first-order valence-electron chi connectivity index (χ1n) is 13.5. The number of rotatable bonds is 12. The van der Waals surface area contributed by atoms with Crippen LogP contribution in [0.25, 0.3) is 11.1 Å². The quantitative estimate of drug-likeness (QED) is 0.229.